The molecule has 2 rings (SSSR count). The first-order valence-corrected chi connectivity index (χ1v) is 6.38. The van der Waals surface area contributed by atoms with Crippen molar-refractivity contribution in [3.05, 3.63) is 21.9 Å². The molecule has 5 heteroatoms. The number of carbonyl (C=O) groups excluding carboxylic acids is 1. The molecule has 1 aromatic rings. The van der Waals surface area contributed by atoms with Crippen molar-refractivity contribution in [3.63, 3.8) is 0 Å². The van der Waals surface area contributed by atoms with E-state index < -0.39 is 5.97 Å². The molecule has 1 aromatic heterocycles. The molecule has 0 saturated heterocycles. The van der Waals surface area contributed by atoms with Gasteiger partial charge in [0, 0.05) is 4.88 Å². The Hall–Kier alpha value is -1.36. The maximum Gasteiger partial charge on any atom is 0.345 e. The molecular weight excluding hydrogens is 240 g/mol. The summed E-state index contributed by atoms with van der Waals surface area (Å²) in [6.45, 7) is 2.19. The second-order valence-corrected chi connectivity index (χ2v) is 5.42. The van der Waals surface area contributed by atoms with Crippen LogP contribution in [0, 0.1) is 5.41 Å². The first kappa shape index (κ1) is 12.1. The zero-order chi connectivity index (χ0) is 12.5. The highest BCUT2D eigenvalue weighted by Crippen LogP contribution is 2.50. The molecule has 1 saturated carbocycles. The maximum atomic E-state index is 11.7. The fraction of sp³-hybridized carbons (Fsp3) is 0.500. The van der Waals surface area contributed by atoms with E-state index in [0.29, 0.717) is 17.9 Å². The molecule has 1 aliphatic rings. The summed E-state index contributed by atoms with van der Waals surface area (Å²) in [6.07, 6.45) is 2.28. The van der Waals surface area contributed by atoms with Gasteiger partial charge >= 0.3 is 11.9 Å². The van der Waals surface area contributed by atoms with Gasteiger partial charge in [-0.25, -0.2) is 4.79 Å². The van der Waals surface area contributed by atoms with E-state index in [1.165, 1.54) is 11.3 Å². The standard InChI is InChI=1S/C12H14O4S/c1-2-16-11(15)12(5-6-12)7-8-3-4-9(17-8)10(13)14/h3-4H,2,5-7H2,1H3,(H,13,14). The smallest absolute Gasteiger partial charge is 0.345 e. The number of thiophene rings is 1. The first-order chi connectivity index (χ1) is 8.07. The van der Waals surface area contributed by atoms with E-state index in [4.69, 9.17) is 9.84 Å². The van der Waals surface area contributed by atoms with Crippen LogP contribution >= 0.6 is 11.3 Å². The van der Waals surface area contributed by atoms with E-state index in [2.05, 4.69) is 0 Å². The summed E-state index contributed by atoms with van der Waals surface area (Å²) in [6, 6.07) is 3.37. The van der Waals surface area contributed by atoms with E-state index in [1.54, 1.807) is 19.1 Å². The third-order valence-corrected chi connectivity index (χ3v) is 4.02. The van der Waals surface area contributed by atoms with Crippen LogP contribution in [0.4, 0.5) is 0 Å². The second-order valence-electron chi connectivity index (χ2n) is 4.25. The molecule has 0 bridgehead atoms. The van der Waals surface area contributed by atoms with Crippen LogP contribution in [0.2, 0.25) is 0 Å². The van der Waals surface area contributed by atoms with Crippen molar-refractivity contribution < 1.29 is 19.4 Å². The topological polar surface area (TPSA) is 63.6 Å². The van der Waals surface area contributed by atoms with Crippen LogP contribution in [0.1, 0.15) is 34.3 Å². The van der Waals surface area contributed by atoms with Crippen LogP contribution < -0.4 is 0 Å². The van der Waals surface area contributed by atoms with Gasteiger partial charge in [0.15, 0.2) is 0 Å². The van der Waals surface area contributed by atoms with Gasteiger partial charge in [-0.3, -0.25) is 4.79 Å². The predicted octanol–water partition coefficient (Wildman–Crippen LogP) is 2.33. The lowest BCUT2D eigenvalue weighted by Crippen LogP contribution is -2.21. The van der Waals surface area contributed by atoms with Gasteiger partial charge in [-0.1, -0.05) is 0 Å². The Bertz CT molecular complexity index is 445. The second kappa shape index (κ2) is 4.49. The highest BCUT2D eigenvalue weighted by atomic mass is 32.1. The number of carbonyl (C=O) groups is 2. The van der Waals surface area contributed by atoms with Gasteiger partial charge < -0.3 is 9.84 Å². The van der Waals surface area contributed by atoms with Crippen LogP contribution in [0.25, 0.3) is 0 Å². The van der Waals surface area contributed by atoms with Gasteiger partial charge in [-0.2, -0.15) is 0 Å². The van der Waals surface area contributed by atoms with Crippen molar-refractivity contribution in [2.24, 2.45) is 5.41 Å². The van der Waals surface area contributed by atoms with E-state index in [0.717, 1.165) is 17.7 Å². The van der Waals surface area contributed by atoms with E-state index in [-0.39, 0.29) is 11.4 Å². The molecule has 1 fully saturated rings. The van der Waals surface area contributed by atoms with Crippen LogP contribution in [0.3, 0.4) is 0 Å². The Labute approximate surface area is 103 Å². The van der Waals surface area contributed by atoms with Gasteiger partial charge in [-0.05, 0) is 38.3 Å². The molecule has 1 heterocycles. The highest BCUT2D eigenvalue weighted by Gasteiger charge is 2.51. The molecule has 0 unspecified atom stereocenters. The first-order valence-electron chi connectivity index (χ1n) is 5.56. The van der Waals surface area contributed by atoms with Crippen molar-refractivity contribution in [2.75, 3.05) is 6.61 Å². The molecule has 0 aromatic carbocycles. The maximum absolute atomic E-state index is 11.7. The minimum Gasteiger partial charge on any atom is -0.477 e. The average Bonchev–Trinajstić information content (AvgIpc) is 2.89. The van der Waals surface area contributed by atoms with Crippen LogP contribution in [-0.2, 0) is 16.0 Å². The van der Waals surface area contributed by atoms with E-state index >= 15 is 0 Å². The molecule has 0 spiro atoms. The molecular formula is C12H14O4S. The lowest BCUT2D eigenvalue weighted by molar-refractivity contribution is -0.149. The number of rotatable bonds is 5. The van der Waals surface area contributed by atoms with E-state index in [1.807, 2.05) is 0 Å². The fourth-order valence-electron chi connectivity index (χ4n) is 1.81. The van der Waals surface area contributed by atoms with Crippen molar-refractivity contribution >= 4 is 23.3 Å². The number of carboxylic acid groups (broad SMARTS) is 1. The Kier molecular flexibility index (Phi) is 3.19. The molecule has 92 valence electrons. The van der Waals surface area contributed by atoms with Crippen molar-refractivity contribution in [1.29, 1.82) is 0 Å². The Morgan fingerprint density at radius 2 is 2.18 bits per heavy atom. The number of hydrogen-bond acceptors (Lipinski definition) is 4. The SMILES string of the molecule is CCOC(=O)C1(Cc2ccc(C(=O)O)s2)CC1. The van der Waals surface area contributed by atoms with Gasteiger partial charge in [0.2, 0.25) is 0 Å². The van der Waals surface area contributed by atoms with Crippen molar-refractivity contribution in [3.8, 4) is 0 Å². The normalized spacial score (nSPS) is 16.5. The van der Waals surface area contributed by atoms with Gasteiger partial charge in [0.1, 0.15) is 4.88 Å². The Balaban J connectivity index is 2.05. The monoisotopic (exact) mass is 254 g/mol. The zero-order valence-electron chi connectivity index (χ0n) is 9.56. The number of aromatic carboxylic acids is 1. The number of hydrogen-bond donors (Lipinski definition) is 1. The molecule has 1 aliphatic carbocycles. The van der Waals surface area contributed by atoms with Gasteiger partial charge in [0.25, 0.3) is 0 Å². The molecule has 0 atom stereocenters. The summed E-state index contributed by atoms with van der Waals surface area (Å²) in [7, 11) is 0. The highest BCUT2D eigenvalue weighted by molar-refractivity contribution is 7.13. The van der Waals surface area contributed by atoms with E-state index in [9.17, 15) is 9.59 Å². The summed E-state index contributed by atoms with van der Waals surface area (Å²) in [5.41, 5.74) is -0.378. The number of carboxylic acids is 1. The van der Waals surface area contributed by atoms with Crippen molar-refractivity contribution in [2.45, 2.75) is 26.2 Å². The predicted molar refractivity (Wildman–Crippen MR) is 63.3 cm³/mol. The van der Waals surface area contributed by atoms with Crippen molar-refractivity contribution in [1.82, 2.24) is 0 Å². The average molecular weight is 254 g/mol. The molecule has 0 radical (unpaired) electrons. The Morgan fingerprint density at radius 3 is 2.65 bits per heavy atom. The third-order valence-electron chi connectivity index (χ3n) is 2.95. The number of ether oxygens (including phenoxy) is 1. The molecule has 4 nitrogen and oxygen atoms in total. The summed E-state index contributed by atoms with van der Waals surface area (Å²) in [5, 5.41) is 8.82. The summed E-state index contributed by atoms with van der Waals surface area (Å²) in [4.78, 5) is 23.7. The molecule has 1 N–H and O–H groups in total. The van der Waals surface area contributed by atoms with Gasteiger partial charge in [0.05, 0.1) is 12.0 Å². The summed E-state index contributed by atoms with van der Waals surface area (Å²) in [5.74, 6) is -1.06. The molecule has 17 heavy (non-hydrogen) atoms. The fourth-order valence-corrected chi connectivity index (χ4v) is 2.80. The van der Waals surface area contributed by atoms with Gasteiger partial charge in [-0.15, -0.1) is 11.3 Å². The summed E-state index contributed by atoms with van der Waals surface area (Å²) >= 11 is 1.24. The quantitative estimate of drug-likeness (QED) is 0.819. The lowest BCUT2D eigenvalue weighted by atomic mass is 10.0. The number of esters is 1. The third kappa shape index (κ3) is 2.49. The van der Waals surface area contributed by atoms with Crippen LogP contribution in [0.5, 0.6) is 0 Å². The minimum absolute atomic E-state index is 0.148. The molecule has 0 amide bonds. The van der Waals surface area contributed by atoms with Crippen LogP contribution in [-0.4, -0.2) is 23.7 Å². The zero-order valence-corrected chi connectivity index (χ0v) is 10.4. The lowest BCUT2D eigenvalue weighted by Gasteiger charge is -2.11. The van der Waals surface area contributed by atoms with Crippen LogP contribution in [0.15, 0.2) is 12.1 Å². The molecule has 0 aliphatic heterocycles. The minimum atomic E-state index is -0.915. The Morgan fingerprint density at radius 1 is 1.47 bits per heavy atom. The largest absolute Gasteiger partial charge is 0.477 e. The summed E-state index contributed by atoms with van der Waals surface area (Å²) < 4.78 is 5.05.